The molecule has 2 N–H and O–H groups in total. The molecule has 0 bridgehead atoms. The molecule has 3 aromatic carbocycles. The van der Waals surface area contributed by atoms with Crippen LogP contribution in [-0.2, 0) is 11.4 Å². The van der Waals surface area contributed by atoms with Gasteiger partial charge in [0, 0.05) is 30.8 Å². The van der Waals surface area contributed by atoms with E-state index < -0.39 is 23.4 Å². The summed E-state index contributed by atoms with van der Waals surface area (Å²) in [4.78, 5) is 24.0. The Morgan fingerprint density at radius 3 is 2.42 bits per heavy atom. The maximum absolute atomic E-state index is 13.6. The minimum absolute atomic E-state index is 0.0240. The monoisotopic (exact) mass is 428 g/mol. The predicted molar refractivity (Wildman–Crippen MR) is 109 cm³/mol. The minimum Gasteiger partial charge on any atom is -0.489 e. The van der Waals surface area contributed by atoms with Gasteiger partial charge in [0.1, 0.15) is 29.8 Å². The van der Waals surface area contributed by atoms with Gasteiger partial charge >= 0.3 is 0 Å². The van der Waals surface area contributed by atoms with Crippen molar-refractivity contribution in [3.8, 4) is 5.75 Å². The van der Waals surface area contributed by atoms with Crippen LogP contribution in [0.1, 0.15) is 22.3 Å². The van der Waals surface area contributed by atoms with Gasteiger partial charge in [-0.05, 0) is 42.0 Å². The molecular formula is C23H19F3N2O3. The first-order valence-corrected chi connectivity index (χ1v) is 9.41. The molecule has 0 spiro atoms. The number of hydrogen-bond donors (Lipinski definition) is 2. The molecule has 31 heavy (non-hydrogen) atoms. The third-order valence-electron chi connectivity index (χ3n) is 4.23. The van der Waals surface area contributed by atoms with Crippen LogP contribution in [0.15, 0.2) is 66.7 Å². The van der Waals surface area contributed by atoms with E-state index in [1.807, 2.05) is 0 Å². The molecule has 0 aliphatic heterocycles. The lowest BCUT2D eigenvalue weighted by atomic mass is 10.2. The number of carbonyl (C=O) groups excluding carboxylic acids is 2. The van der Waals surface area contributed by atoms with Crippen LogP contribution in [0.3, 0.4) is 0 Å². The lowest BCUT2D eigenvalue weighted by Gasteiger charge is -2.10. The molecule has 0 radical (unpaired) electrons. The maximum Gasteiger partial charge on any atom is 0.254 e. The van der Waals surface area contributed by atoms with Crippen molar-refractivity contribution in [1.82, 2.24) is 5.32 Å². The molecular weight excluding hydrogens is 409 g/mol. The lowest BCUT2D eigenvalue weighted by molar-refractivity contribution is -0.116. The van der Waals surface area contributed by atoms with Gasteiger partial charge in [-0.15, -0.1) is 0 Å². The molecule has 0 aromatic heterocycles. The van der Waals surface area contributed by atoms with Crippen molar-refractivity contribution in [2.24, 2.45) is 0 Å². The minimum atomic E-state index is -0.973. The standard InChI is InChI=1S/C23H19F3N2O3/c24-16-4-2-6-19(12-16)31-14-15-3-1-5-18(11-15)28-22(29)9-10-27-23(30)20-8-7-17(25)13-21(20)26/h1-8,11-13H,9-10,14H2,(H,27,30)(H,28,29). The van der Waals surface area contributed by atoms with E-state index in [4.69, 9.17) is 4.74 Å². The van der Waals surface area contributed by atoms with E-state index in [0.29, 0.717) is 17.5 Å². The lowest BCUT2D eigenvalue weighted by Crippen LogP contribution is -2.28. The second-order valence-corrected chi connectivity index (χ2v) is 6.62. The highest BCUT2D eigenvalue weighted by atomic mass is 19.1. The van der Waals surface area contributed by atoms with Crippen LogP contribution in [0.2, 0.25) is 0 Å². The molecule has 0 unspecified atom stereocenters. The number of halogens is 3. The van der Waals surface area contributed by atoms with Crippen molar-refractivity contribution in [2.75, 3.05) is 11.9 Å². The summed E-state index contributed by atoms with van der Waals surface area (Å²) in [5, 5.41) is 5.11. The van der Waals surface area contributed by atoms with Gasteiger partial charge in [0.2, 0.25) is 5.91 Å². The number of amides is 2. The summed E-state index contributed by atoms with van der Waals surface area (Å²) in [6.45, 7) is 0.163. The second-order valence-electron chi connectivity index (χ2n) is 6.62. The van der Waals surface area contributed by atoms with E-state index in [1.54, 1.807) is 36.4 Å². The third kappa shape index (κ3) is 6.60. The fourth-order valence-electron chi connectivity index (χ4n) is 2.74. The summed E-state index contributed by atoms with van der Waals surface area (Å²) in [6, 6.07) is 15.4. The first-order chi connectivity index (χ1) is 14.9. The summed E-state index contributed by atoms with van der Waals surface area (Å²) in [5.74, 6) is -2.85. The Kier molecular flexibility index (Phi) is 7.26. The smallest absolute Gasteiger partial charge is 0.254 e. The van der Waals surface area contributed by atoms with Gasteiger partial charge in [0.05, 0.1) is 5.56 Å². The number of hydrogen-bond acceptors (Lipinski definition) is 3. The number of nitrogens with one attached hydrogen (secondary N) is 2. The molecule has 0 heterocycles. The van der Waals surface area contributed by atoms with Gasteiger partial charge in [0.15, 0.2) is 0 Å². The van der Waals surface area contributed by atoms with Gasteiger partial charge in [-0.1, -0.05) is 18.2 Å². The van der Waals surface area contributed by atoms with Gasteiger partial charge in [0.25, 0.3) is 5.91 Å². The second kappa shape index (κ2) is 10.3. The van der Waals surface area contributed by atoms with E-state index in [-0.39, 0.29) is 31.0 Å². The molecule has 160 valence electrons. The van der Waals surface area contributed by atoms with Crippen molar-refractivity contribution in [1.29, 1.82) is 0 Å². The maximum atomic E-state index is 13.6. The molecule has 5 nitrogen and oxygen atoms in total. The highest BCUT2D eigenvalue weighted by Crippen LogP contribution is 2.16. The molecule has 0 aliphatic carbocycles. The van der Waals surface area contributed by atoms with Gasteiger partial charge < -0.3 is 15.4 Å². The Morgan fingerprint density at radius 1 is 0.871 bits per heavy atom. The average Bonchev–Trinajstić information content (AvgIpc) is 2.72. The molecule has 2 amide bonds. The van der Waals surface area contributed by atoms with E-state index >= 15 is 0 Å². The van der Waals surface area contributed by atoms with Crippen LogP contribution in [0.5, 0.6) is 5.75 Å². The number of anilines is 1. The zero-order valence-electron chi connectivity index (χ0n) is 16.3. The Hall–Kier alpha value is -3.81. The fraction of sp³-hybridized carbons (Fsp3) is 0.130. The van der Waals surface area contributed by atoms with Crippen molar-refractivity contribution >= 4 is 17.5 Å². The zero-order valence-corrected chi connectivity index (χ0v) is 16.3. The normalized spacial score (nSPS) is 10.4. The number of ether oxygens (including phenoxy) is 1. The van der Waals surface area contributed by atoms with E-state index in [0.717, 1.165) is 17.7 Å². The highest BCUT2D eigenvalue weighted by molar-refractivity contribution is 5.95. The summed E-state index contributed by atoms with van der Waals surface area (Å²) >= 11 is 0. The van der Waals surface area contributed by atoms with Crippen molar-refractivity contribution in [3.63, 3.8) is 0 Å². The van der Waals surface area contributed by atoms with Crippen LogP contribution in [0.25, 0.3) is 0 Å². The average molecular weight is 428 g/mol. The highest BCUT2D eigenvalue weighted by Gasteiger charge is 2.12. The molecule has 0 fully saturated rings. The van der Waals surface area contributed by atoms with Crippen LogP contribution < -0.4 is 15.4 Å². The quantitative estimate of drug-likeness (QED) is 0.557. The van der Waals surface area contributed by atoms with Crippen molar-refractivity contribution in [2.45, 2.75) is 13.0 Å². The van der Waals surface area contributed by atoms with Gasteiger partial charge in [-0.25, -0.2) is 13.2 Å². The zero-order chi connectivity index (χ0) is 22.2. The van der Waals surface area contributed by atoms with Crippen LogP contribution in [-0.4, -0.2) is 18.4 Å². The first-order valence-electron chi connectivity index (χ1n) is 9.41. The molecule has 0 aliphatic rings. The summed E-state index contributed by atoms with van der Waals surface area (Å²) in [6.07, 6.45) is -0.0431. The Balaban J connectivity index is 1.47. The molecule has 0 saturated heterocycles. The van der Waals surface area contributed by atoms with Crippen LogP contribution in [0, 0.1) is 17.5 Å². The number of benzene rings is 3. The van der Waals surface area contributed by atoms with Crippen molar-refractivity contribution < 1.29 is 27.5 Å². The Labute approximate surface area is 176 Å². The van der Waals surface area contributed by atoms with Crippen LogP contribution >= 0.6 is 0 Å². The SMILES string of the molecule is O=C(CCNC(=O)c1ccc(F)cc1F)Nc1cccc(COc2cccc(F)c2)c1. The third-order valence-corrected chi connectivity index (χ3v) is 4.23. The molecule has 3 rings (SSSR count). The Morgan fingerprint density at radius 2 is 1.65 bits per heavy atom. The van der Waals surface area contributed by atoms with Gasteiger partial charge in [-0.3, -0.25) is 9.59 Å². The topological polar surface area (TPSA) is 67.4 Å². The number of carbonyl (C=O) groups is 2. The first kappa shape index (κ1) is 21.9. The summed E-state index contributed by atoms with van der Waals surface area (Å²) < 4.78 is 45.2. The van der Waals surface area contributed by atoms with E-state index in [9.17, 15) is 22.8 Å². The largest absolute Gasteiger partial charge is 0.489 e. The van der Waals surface area contributed by atoms with Crippen LogP contribution in [0.4, 0.5) is 18.9 Å². The molecule has 3 aromatic rings. The van der Waals surface area contributed by atoms with E-state index in [2.05, 4.69) is 10.6 Å². The fourth-order valence-corrected chi connectivity index (χ4v) is 2.74. The molecule has 8 heteroatoms. The summed E-state index contributed by atoms with van der Waals surface area (Å²) in [7, 11) is 0. The Bertz CT molecular complexity index is 1090. The van der Waals surface area contributed by atoms with Crippen molar-refractivity contribution in [3.05, 3.63) is 95.3 Å². The predicted octanol–water partition coefficient (Wildman–Crippen LogP) is 4.44. The summed E-state index contributed by atoms with van der Waals surface area (Å²) in [5.41, 5.74) is 0.996. The molecule has 0 atom stereocenters. The number of rotatable bonds is 8. The van der Waals surface area contributed by atoms with Gasteiger partial charge in [-0.2, -0.15) is 0 Å². The molecule has 0 saturated carbocycles. The van der Waals surface area contributed by atoms with E-state index in [1.165, 1.54) is 12.1 Å².